The fourth-order valence-electron chi connectivity index (χ4n) is 5.33. The fraction of sp³-hybridized carbons (Fsp3) is 0.423. The van der Waals surface area contributed by atoms with Gasteiger partial charge < -0.3 is 15.1 Å². The monoisotopic (exact) mass is 435 g/mol. The lowest BCUT2D eigenvalue weighted by Crippen LogP contribution is -2.55. The summed E-state index contributed by atoms with van der Waals surface area (Å²) in [4.78, 5) is 42.1. The summed E-state index contributed by atoms with van der Waals surface area (Å²) in [7, 11) is 0. The lowest BCUT2D eigenvalue weighted by atomic mass is 9.71. The minimum absolute atomic E-state index is 0.0829. The Bertz CT molecular complexity index is 999. The van der Waals surface area contributed by atoms with E-state index in [4.69, 9.17) is 0 Å². The zero-order valence-corrected chi connectivity index (χ0v) is 18.3. The fourth-order valence-corrected chi connectivity index (χ4v) is 5.33. The van der Waals surface area contributed by atoms with Crippen molar-refractivity contribution in [2.45, 2.75) is 44.1 Å². The molecule has 32 heavy (non-hydrogen) atoms. The van der Waals surface area contributed by atoms with E-state index in [-0.39, 0.29) is 37.0 Å². The molecule has 2 aromatic carbocycles. The number of benzene rings is 2. The van der Waals surface area contributed by atoms with Crippen LogP contribution in [0.4, 0.5) is 0 Å². The summed E-state index contributed by atoms with van der Waals surface area (Å²) < 4.78 is 0. The SMILES string of the molecule is CCC[C@]1(CO)CCN(C(=O)CC2(c3ccccc3)C(=O)c3ccccc3C2=O)C[C@H]1O. The molecule has 6 heteroatoms. The maximum absolute atomic E-state index is 13.6. The van der Waals surface area contributed by atoms with E-state index in [0.717, 1.165) is 6.42 Å². The van der Waals surface area contributed by atoms with Crippen LogP contribution in [0, 0.1) is 5.41 Å². The molecule has 1 saturated heterocycles. The summed E-state index contributed by atoms with van der Waals surface area (Å²) in [6.45, 7) is 2.32. The third-order valence-electron chi connectivity index (χ3n) is 7.27. The Morgan fingerprint density at radius 2 is 1.62 bits per heavy atom. The van der Waals surface area contributed by atoms with Crippen molar-refractivity contribution < 1.29 is 24.6 Å². The van der Waals surface area contributed by atoms with Gasteiger partial charge in [-0.2, -0.15) is 0 Å². The highest BCUT2D eigenvalue weighted by Gasteiger charge is 2.56. The highest BCUT2D eigenvalue weighted by Crippen LogP contribution is 2.43. The number of β-amino-alcohol motifs (C(OH)–C–C–N with tert-alkyl or cyclic N) is 1. The molecular formula is C26H29NO5. The first-order valence-electron chi connectivity index (χ1n) is 11.2. The van der Waals surface area contributed by atoms with Gasteiger partial charge >= 0.3 is 0 Å². The van der Waals surface area contributed by atoms with E-state index in [0.29, 0.717) is 36.1 Å². The van der Waals surface area contributed by atoms with Gasteiger partial charge in [-0.15, -0.1) is 0 Å². The highest BCUT2D eigenvalue weighted by atomic mass is 16.3. The average molecular weight is 436 g/mol. The number of amides is 1. The van der Waals surface area contributed by atoms with Crippen LogP contribution in [0.25, 0.3) is 0 Å². The second-order valence-electron chi connectivity index (χ2n) is 9.03. The maximum Gasteiger partial charge on any atom is 0.224 e. The van der Waals surface area contributed by atoms with Crippen molar-refractivity contribution in [3.8, 4) is 0 Å². The Labute approximate surface area is 187 Å². The van der Waals surface area contributed by atoms with Crippen LogP contribution in [0.15, 0.2) is 54.6 Å². The van der Waals surface area contributed by atoms with E-state index in [1.807, 2.05) is 6.92 Å². The van der Waals surface area contributed by atoms with Crippen molar-refractivity contribution in [2.75, 3.05) is 19.7 Å². The molecule has 1 fully saturated rings. The number of ketones is 2. The van der Waals surface area contributed by atoms with Crippen LogP contribution in [0.5, 0.6) is 0 Å². The van der Waals surface area contributed by atoms with Crippen LogP contribution in [0.2, 0.25) is 0 Å². The Kier molecular flexibility index (Phi) is 6.01. The number of carbonyl (C=O) groups excluding carboxylic acids is 3. The predicted octanol–water partition coefficient (Wildman–Crippen LogP) is 2.77. The number of piperidine rings is 1. The smallest absolute Gasteiger partial charge is 0.224 e. The first kappa shape index (κ1) is 22.4. The number of Topliss-reactive ketones (excluding diaryl/α,β-unsaturated/α-hetero) is 2. The van der Waals surface area contributed by atoms with Crippen molar-refractivity contribution in [3.63, 3.8) is 0 Å². The molecule has 2 atom stereocenters. The van der Waals surface area contributed by atoms with Gasteiger partial charge in [-0.3, -0.25) is 14.4 Å². The number of likely N-dealkylation sites (tertiary alicyclic amines) is 1. The third-order valence-corrected chi connectivity index (χ3v) is 7.27. The molecular weight excluding hydrogens is 406 g/mol. The van der Waals surface area contributed by atoms with Gasteiger partial charge in [-0.25, -0.2) is 0 Å². The van der Waals surface area contributed by atoms with Crippen LogP contribution in [0.3, 0.4) is 0 Å². The molecule has 0 aromatic heterocycles. The van der Waals surface area contributed by atoms with Gasteiger partial charge in [0.15, 0.2) is 11.6 Å². The van der Waals surface area contributed by atoms with Crippen LogP contribution < -0.4 is 0 Å². The Morgan fingerprint density at radius 3 is 2.16 bits per heavy atom. The van der Waals surface area contributed by atoms with Gasteiger partial charge in [0.25, 0.3) is 0 Å². The molecule has 0 spiro atoms. The summed E-state index contributed by atoms with van der Waals surface area (Å²) in [5, 5.41) is 20.7. The van der Waals surface area contributed by atoms with Gasteiger partial charge in [0.05, 0.1) is 19.1 Å². The molecule has 1 aliphatic carbocycles. The molecule has 1 amide bonds. The number of nitrogens with zero attached hydrogens (tertiary/aromatic N) is 1. The lowest BCUT2D eigenvalue weighted by Gasteiger charge is -2.45. The largest absolute Gasteiger partial charge is 0.396 e. The normalized spacial score (nSPS) is 24.5. The number of hydrogen-bond donors (Lipinski definition) is 2. The number of fused-ring (bicyclic) bond motifs is 1. The van der Waals surface area contributed by atoms with E-state index in [2.05, 4.69) is 0 Å². The summed E-state index contributed by atoms with van der Waals surface area (Å²) in [6, 6.07) is 15.5. The minimum atomic E-state index is -1.60. The Balaban J connectivity index is 1.65. The second-order valence-corrected chi connectivity index (χ2v) is 9.03. The molecule has 6 nitrogen and oxygen atoms in total. The number of hydrogen-bond acceptors (Lipinski definition) is 5. The molecule has 4 rings (SSSR count). The molecule has 2 aromatic rings. The zero-order chi connectivity index (χ0) is 22.9. The molecule has 168 valence electrons. The van der Waals surface area contributed by atoms with Crippen LogP contribution >= 0.6 is 0 Å². The molecule has 2 aliphatic rings. The predicted molar refractivity (Wildman–Crippen MR) is 119 cm³/mol. The third kappa shape index (κ3) is 3.38. The van der Waals surface area contributed by atoms with Crippen LogP contribution in [0.1, 0.15) is 58.9 Å². The topological polar surface area (TPSA) is 94.9 Å². The molecule has 2 N–H and O–H groups in total. The van der Waals surface area contributed by atoms with Crippen LogP contribution in [-0.4, -0.2) is 58.4 Å². The van der Waals surface area contributed by atoms with Crippen molar-refractivity contribution in [2.24, 2.45) is 5.41 Å². The van der Waals surface area contributed by atoms with Gasteiger partial charge in [-0.05, 0) is 18.4 Å². The standard InChI is InChI=1S/C26H29NO5/c1-2-12-25(17-28)13-14-27(16-21(25)29)22(30)15-26(18-8-4-3-5-9-18)23(31)19-10-6-7-11-20(19)24(26)32/h3-11,21,28-29H,2,12-17H2,1H3/t21-,25-/m1/s1. The van der Waals surface area contributed by atoms with E-state index in [1.54, 1.807) is 54.6 Å². The zero-order valence-electron chi connectivity index (χ0n) is 18.3. The summed E-state index contributed by atoms with van der Waals surface area (Å²) >= 11 is 0. The van der Waals surface area contributed by atoms with Gasteiger partial charge in [0.1, 0.15) is 5.41 Å². The minimum Gasteiger partial charge on any atom is -0.396 e. The van der Waals surface area contributed by atoms with Crippen LogP contribution in [-0.2, 0) is 10.2 Å². The van der Waals surface area contributed by atoms with E-state index < -0.39 is 16.9 Å². The quantitative estimate of drug-likeness (QED) is 0.681. The molecule has 0 unspecified atom stereocenters. The van der Waals surface area contributed by atoms with Gasteiger partial charge in [0.2, 0.25) is 5.91 Å². The molecule has 0 bridgehead atoms. The van der Waals surface area contributed by atoms with Crippen molar-refractivity contribution in [1.29, 1.82) is 0 Å². The molecule has 0 radical (unpaired) electrons. The molecule has 0 saturated carbocycles. The average Bonchev–Trinajstić information content (AvgIpc) is 3.03. The number of aliphatic hydroxyl groups excluding tert-OH is 2. The number of rotatable bonds is 6. The lowest BCUT2D eigenvalue weighted by molar-refractivity contribution is -0.142. The Hall–Kier alpha value is -2.83. The van der Waals surface area contributed by atoms with E-state index >= 15 is 0 Å². The number of aliphatic hydroxyl groups is 2. The summed E-state index contributed by atoms with van der Waals surface area (Å²) in [5.41, 5.74) is -1.02. The first-order chi connectivity index (χ1) is 15.4. The van der Waals surface area contributed by atoms with Gasteiger partial charge in [-0.1, -0.05) is 67.9 Å². The Morgan fingerprint density at radius 1 is 1.03 bits per heavy atom. The van der Waals surface area contributed by atoms with Crippen molar-refractivity contribution >= 4 is 17.5 Å². The summed E-state index contributed by atoms with van der Waals surface area (Å²) in [6.07, 6.45) is 0.836. The van der Waals surface area contributed by atoms with E-state index in [9.17, 15) is 24.6 Å². The molecule has 1 heterocycles. The summed E-state index contributed by atoms with van der Waals surface area (Å²) in [5.74, 6) is -1.05. The van der Waals surface area contributed by atoms with E-state index in [1.165, 1.54) is 4.90 Å². The van der Waals surface area contributed by atoms with Crippen molar-refractivity contribution in [3.05, 3.63) is 71.3 Å². The second kappa shape index (κ2) is 8.60. The maximum atomic E-state index is 13.6. The van der Waals surface area contributed by atoms with Crippen molar-refractivity contribution in [1.82, 2.24) is 4.90 Å². The van der Waals surface area contributed by atoms with Gasteiger partial charge in [0, 0.05) is 29.6 Å². The molecule has 1 aliphatic heterocycles. The number of carbonyl (C=O) groups is 3. The highest BCUT2D eigenvalue weighted by molar-refractivity contribution is 6.34. The first-order valence-corrected chi connectivity index (χ1v) is 11.2.